The fourth-order valence-electron chi connectivity index (χ4n) is 11.0. The van der Waals surface area contributed by atoms with Crippen LogP contribution in [0.5, 0.6) is 11.5 Å². The minimum absolute atomic E-state index is 0.0247. The summed E-state index contributed by atoms with van der Waals surface area (Å²) in [7, 11) is 0. The van der Waals surface area contributed by atoms with Gasteiger partial charge in [-0.2, -0.15) is 0 Å². The standard InChI is InChI=1S/C71H66N4O.Pt/c1-46-37-66(72-44-59(46)48-31-34-60-61(40-48)71(10,11)36-35-70(60,8)9)75-62-28-16-15-25-57(62)58-33-32-54(43-65(58)75)76-53-24-19-23-52(42-53)73-45-74(64-30-18-17-29-63(64)73)67-55(47-21-13-12-14-22-47)26-20-27-56(67)49-38-50(68(2,3)4)41-51(39-49)69(5,6)7;/h12-34,37-41,44H,35-36H2,1-11H3;/q-2;/i1D3,12D,13D,14D,15D,16D,21D,22D,25D,28D;. The normalized spacial score (nSPS) is 16.7. The monoisotopic (exact) mass is 1200 g/mol. The third kappa shape index (κ3) is 8.95. The molecule has 5 nitrogen and oxygen atoms in total. The first-order chi connectivity index (χ1) is 41.7. The number of ether oxygens (including phenoxy) is 1. The number of para-hydroxylation sites is 4. The maximum atomic E-state index is 9.32. The van der Waals surface area contributed by atoms with Gasteiger partial charge in [0.05, 0.1) is 5.48 Å². The van der Waals surface area contributed by atoms with Gasteiger partial charge in [-0.15, -0.1) is 0 Å². The summed E-state index contributed by atoms with van der Waals surface area (Å²) in [6.45, 7) is 19.4. The molecule has 1 aliphatic carbocycles. The maximum absolute atomic E-state index is 9.32. The number of hydrogen-bond acceptors (Lipinski definition) is 2. The molecule has 0 bridgehead atoms. The number of benzene rings is 8. The second-order valence-electron chi connectivity index (χ2n) is 23.7. The average Bonchev–Trinajstić information content (AvgIpc) is 1.64. The van der Waals surface area contributed by atoms with Crippen molar-refractivity contribution in [3.05, 3.63) is 220 Å². The number of nitrogens with zero attached hydrogens (tertiary/aromatic N) is 4. The van der Waals surface area contributed by atoms with Crippen LogP contribution < -0.4 is 4.74 Å². The van der Waals surface area contributed by atoms with Crippen molar-refractivity contribution in [1.82, 2.24) is 18.7 Å². The first-order valence-corrected chi connectivity index (χ1v) is 27.2. The number of hydrogen-bond donors (Lipinski definition) is 0. The van der Waals surface area contributed by atoms with Gasteiger partial charge in [0.15, 0.2) is 0 Å². The third-order valence-corrected chi connectivity index (χ3v) is 16.5. The third-order valence-electron chi connectivity index (χ3n) is 15.5. The Hall–Kier alpha value is -7.33. The van der Waals surface area contributed by atoms with Crippen molar-refractivity contribution in [1.29, 1.82) is 0 Å². The van der Waals surface area contributed by atoms with E-state index in [1.165, 1.54) is 11.6 Å². The first-order valence-electron chi connectivity index (χ1n) is 32.1. The Morgan fingerprint density at radius 2 is 1.22 bits per heavy atom. The molecule has 1 aliphatic rings. The van der Waals surface area contributed by atoms with Crippen molar-refractivity contribution < 1.29 is 40.5 Å². The molecular formula is C71H66N4OPt-2. The zero-order chi connectivity index (χ0) is 64.1. The molecule has 388 valence electrons. The summed E-state index contributed by atoms with van der Waals surface area (Å²) in [4.78, 5) is 4.92. The molecular weight excluding hydrogens is 1120 g/mol. The summed E-state index contributed by atoms with van der Waals surface area (Å²) in [6.07, 6.45) is 3.53. The quantitative estimate of drug-likeness (QED) is 0.142. The van der Waals surface area contributed by atoms with Gasteiger partial charge in [-0.25, -0.2) is 0 Å². The number of pyridine rings is 1. The van der Waals surface area contributed by atoms with E-state index in [1.807, 2.05) is 65.2 Å². The number of imidazole rings is 1. The average molecular weight is 1200 g/mol. The van der Waals surface area contributed by atoms with E-state index in [0.29, 0.717) is 37.3 Å². The van der Waals surface area contributed by atoms with Gasteiger partial charge < -0.3 is 0 Å². The van der Waals surface area contributed by atoms with E-state index in [2.05, 4.69) is 136 Å². The van der Waals surface area contributed by atoms with Crippen molar-refractivity contribution in [2.45, 2.75) is 111 Å². The van der Waals surface area contributed by atoms with Crippen molar-refractivity contribution in [3.63, 3.8) is 0 Å². The Morgan fingerprint density at radius 1 is 0.571 bits per heavy atom. The topological polar surface area (TPSA) is 36.9 Å². The molecule has 3 heterocycles. The number of aryl methyl sites for hydroxylation is 1. The van der Waals surface area contributed by atoms with Crippen LogP contribution >= 0.6 is 0 Å². The van der Waals surface area contributed by atoms with Crippen LogP contribution in [0.1, 0.15) is 126 Å². The van der Waals surface area contributed by atoms with Crippen molar-refractivity contribution in [2.24, 2.45) is 0 Å². The molecule has 0 radical (unpaired) electrons. The summed E-state index contributed by atoms with van der Waals surface area (Å²) >= 11 is 2.28. The van der Waals surface area contributed by atoms with E-state index in [9.17, 15) is 5.48 Å². The van der Waals surface area contributed by atoms with Gasteiger partial charge in [-0.1, -0.05) is 58.0 Å². The van der Waals surface area contributed by atoms with Gasteiger partial charge in [0.2, 0.25) is 0 Å². The molecule has 0 unspecified atom stereocenters. The Labute approximate surface area is 482 Å². The fraction of sp³-hybridized carbons (Fsp3) is 0.239. The zero-order valence-corrected chi connectivity index (χ0v) is 47.2. The van der Waals surface area contributed by atoms with Gasteiger partial charge in [0.1, 0.15) is 0 Å². The molecule has 0 saturated carbocycles. The molecule has 77 heavy (non-hydrogen) atoms. The molecule has 0 atom stereocenters. The second-order valence-corrected chi connectivity index (χ2v) is 24.7. The van der Waals surface area contributed by atoms with E-state index in [-0.39, 0.29) is 90.7 Å². The second kappa shape index (κ2) is 18.7. The molecule has 0 fully saturated rings. The van der Waals surface area contributed by atoms with Gasteiger partial charge in [0.25, 0.3) is 0 Å². The van der Waals surface area contributed by atoms with Crippen molar-refractivity contribution in [3.8, 4) is 62.1 Å². The molecule has 3 aromatic heterocycles. The number of rotatable bonds is 8. The minimum atomic E-state index is -2.62. The zero-order valence-electron chi connectivity index (χ0n) is 57.0. The molecule has 0 saturated heterocycles. The van der Waals surface area contributed by atoms with E-state index < -0.39 is 37.1 Å². The Bertz CT molecular complexity index is 4800. The fourth-order valence-corrected chi connectivity index (χ4v) is 12.1. The summed E-state index contributed by atoms with van der Waals surface area (Å²) < 4.78 is 121. The predicted molar refractivity (Wildman–Crippen MR) is 316 cm³/mol. The Morgan fingerprint density at radius 3 is 1.94 bits per heavy atom. The summed E-state index contributed by atoms with van der Waals surface area (Å²) in [5, 5.41) is 0.623. The first kappa shape index (κ1) is 38.3. The van der Waals surface area contributed by atoms with Crippen molar-refractivity contribution in [2.75, 3.05) is 0 Å². The Balaban J connectivity index is 1.03. The van der Waals surface area contributed by atoms with Crippen LogP contribution in [0, 0.1) is 22.8 Å². The van der Waals surface area contributed by atoms with Crippen LogP contribution in [-0.2, 0) is 41.0 Å². The number of fused-ring (bicyclic) bond motifs is 5. The van der Waals surface area contributed by atoms with Crippen LogP contribution in [0.25, 0.3) is 83.4 Å². The van der Waals surface area contributed by atoms with Crippen LogP contribution in [0.2, 0.25) is 0 Å². The van der Waals surface area contributed by atoms with Crippen LogP contribution in [0.4, 0.5) is 0 Å². The van der Waals surface area contributed by atoms with Gasteiger partial charge >= 0.3 is 352 Å². The molecule has 0 spiro atoms. The van der Waals surface area contributed by atoms with Crippen LogP contribution in [-0.4, -0.2) is 18.7 Å². The Kier molecular flexibility index (Phi) is 9.29. The molecule has 8 aromatic carbocycles. The van der Waals surface area contributed by atoms with E-state index in [4.69, 9.17) is 20.7 Å². The van der Waals surface area contributed by atoms with Crippen LogP contribution in [0.15, 0.2) is 176 Å². The molecule has 0 aliphatic heterocycles. The summed E-state index contributed by atoms with van der Waals surface area (Å²) in [5.41, 5.74) is 10.3. The molecule has 0 N–H and O–H groups in total. The van der Waals surface area contributed by atoms with E-state index >= 15 is 0 Å². The van der Waals surface area contributed by atoms with Gasteiger partial charge in [0, 0.05) is 15.9 Å². The molecule has 0 amide bonds. The van der Waals surface area contributed by atoms with E-state index in [1.54, 1.807) is 29.0 Å². The SMILES string of the molecule is [2H]c1c([2H])c([2H])c(-c2cccc(-c3cc(C(C)(C)C)cc(C(C)(C)C)c3)c2-n2[c](=[Pt])n(-c3[c-]c(Oc4[c-]c5c(cc4)c4c([2H])c([2H])c([2H])c([2H])c4n5-c4cc(C([2H])([2H])[2H])c(-c5ccc6c(c5)C(C)(C)CCC6(C)C)cn4)ccc3)c3ccccc32)c([2H])c1[2H]. The molecule has 6 heteroatoms. The summed E-state index contributed by atoms with van der Waals surface area (Å²) in [5.74, 6) is 0.591. The van der Waals surface area contributed by atoms with Crippen LogP contribution in [0.3, 0.4) is 0 Å². The van der Waals surface area contributed by atoms with Gasteiger partial charge in [-0.3, -0.25) is 0 Å². The van der Waals surface area contributed by atoms with Gasteiger partial charge in [-0.05, 0) is 52.8 Å². The predicted octanol–water partition coefficient (Wildman–Crippen LogP) is 18.6. The summed E-state index contributed by atoms with van der Waals surface area (Å²) in [6, 6.07) is 40.0. The molecule has 12 rings (SSSR count). The van der Waals surface area contributed by atoms with Crippen molar-refractivity contribution >= 4 is 32.8 Å². The molecule has 11 aromatic rings. The van der Waals surface area contributed by atoms with E-state index in [0.717, 1.165) is 51.7 Å². The number of aromatic nitrogens is 4.